The van der Waals surface area contributed by atoms with Gasteiger partial charge in [-0.25, -0.2) is 0 Å². The van der Waals surface area contributed by atoms with Crippen LogP contribution in [-0.4, -0.2) is 36.9 Å². The van der Waals surface area contributed by atoms with Crippen molar-refractivity contribution >= 4 is 28.8 Å². The first-order chi connectivity index (χ1) is 9.02. The summed E-state index contributed by atoms with van der Waals surface area (Å²) in [5.74, 6) is -0.0983. The van der Waals surface area contributed by atoms with Crippen molar-refractivity contribution in [3.63, 3.8) is 0 Å². The van der Waals surface area contributed by atoms with Gasteiger partial charge in [0.05, 0.1) is 10.8 Å². The van der Waals surface area contributed by atoms with Gasteiger partial charge in [-0.2, -0.15) is 0 Å². The van der Waals surface area contributed by atoms with Crippen molar-refractivity contribution in [2.75, 3.05) is 25.9 Å². The van der Waals surface area contributed by atoms with E-state index < -0.39 is 0 Å². The van der Waals surface area contributed by atoms with Crippen LogP contribution in [0.5, 0.6) is 0 Å². The van der Waals surface area contributed by atoms with Crippen LogP contribution >= 0.6 is 11.3 Å². The first-order valence-corrected chi connectivity index (χ1v) is 7.21. The fraction of sp³-hybridized carbons (Fsp3) is 0.538. The molecule has 1 aliphatic rings. The molecule has 1 saturated heterocycles. The third-order valence-electron chi connectivity index (χ3n) is 3.49. The predicted octanol–water partition coefficient (Wildman–Crippen LogP) is 1.24. The highest BCUT2D eigenvalue weighted by atomic mass is 32.1. The number of anilines is 1. The molecule has 0 spiro atoms. The fourth-order valence-corrected chi connectivity index (χ4v) is 3.25. The lowest BCUT2D eigenvalue weighted by Gasteiger charge is -2.31. The molecule has 2 amide bonds. The molecule has 0 aromatic carbocycles. The third kappa shape index (κ3) is 2.89. The Morgan fingerprint density at radius 3 is 2.84 bits per heavy atom. The molecule has 2 rings (SSSR count). The summed E-state index contributed by atoms with van der Waals surface area (Å²) in [6.45, 7) is 3.11. The van der Waals surface area contributed by atoms with Crippen LogP contribution in [0.1, 0.15) is 27.4 Å². The number of thiophene rings is 1. The van der Waals surface area contributed by atoms with Gasteiger partial charge in [-0.3, -0.25) is 9.59 Å². The van der Waals surface area contributed by atoms with E-state index in [9.17, 15) is 9.59 Å². The molecule has 104 valence electrons. The van der Waals surface area contributed by atoms with Crippen molar-refractivity contribution in [1.29, 1.82) is 0 Å². The lowest BCUT2D eigenvalue weighted by atomic mass is 9.97. The van der Waals surface area contributed by atoms with Gasteiger partial charge < -0.3 is 16.0 Å². The normalized spacial score (nSPS) is 19.3. The van der Waals surface area contributed by atoms with Gasteiger partial charge in [0.25, 0.3) is 5.91 Å². The van der Waals surface area contributed by atoms with Crippen LogP contribution in [0.25, 0.3) is 0 Å². The minimum Gasteiger partial charge on any atom is -0.398 e. The molecule has 0 aliphatic carbocycles. The molecule has 1 atom stereocenters. The topological polar surface area (TPSA) is 75.4 Å². The Bertz CT molecular complexity index is 479. The van der Waals surface area contributed by atoms with E-state index >= 15 is 0 Å². The summed E-state index contributed by atoms with van der Waals surface area (Å²) in [5, 5.41) is 2.65. The largest absolute Gasteiger partial charge is 0.398 e. The number of nitrogens with two attached hydrogens (primary N) is 1. The molecule has 1 aliphatic heterocycles. The highest BCUT2D eigenvalue weighted by Gasteiger charge is 2.29. The smallest absolute Gasteiger partial charge is 0.264 e. The van der Waals surface area contributed by atoms with Gasteiger partial charge in [0.2, 0.25) is 5.91 Å². The number of nitrogens with one attached hydrogen (secondary N) is 1. The van der Waals surface area contributed by atoms with E-state index in [4.69, 9.17) is 5.73 Å². The van der Waals surface area contributed by atoms with Crippen LogP contribution in [0, 0.1) is 12.8 Å². The standard InChI is InChI=1S/C13H19N3O2S/c1-8-10(14)6-11(19-8)13(18)16-5-3-4-9(7-16)12(17)15-2/h6,9H,3-5,7,14H2,1-2H3,(H,15,17). The van der Waals surface area contributed by atoms with E-state index in [1.165, 1.54) is 11.3 Å². The maximum atomic E-state index is 12.4. The summed E-state index contributed by atoms with van der Waals surface area (Å²) in [6.07, 6.45) is 1.71. The highest BCUT2D eigenvalue weighted by Crippen LogP contribution is 2.26. The number of carbonyl (C=O) groups excluding carboxylic acids is 2. The summed E-state index contributed by atoms with van der Waals surface area (Å²) in [7, 11) is 1.63. The second kappa shape index (κ2) is 5.61. The molecule has 5 nitrogen and oxygen atoms in total. The molecule has 1 unspecified atom stereocenters. The Balaban J connectivity index is 2.09. The third-order valence-corrected chi connectivity index (χ3v) is 4.55. The number of hydrogen-bond donors (Lipinski definition) is 2. The molecule has 1 fully saturated rings. The molecule has 1 aromatic heterocycles. The Hall–Kier alpha value is -1.56. The first kappa shape index (κ1) is 13.9. The second-order valence-corrected chi connectivity index (χ2v) is 6.08. The monoisotopic (exact) mass is 281 g/mol. The quantitative estimate of drug-likeness (QED) is 0.856. The van der Waals surface area contributed by atoms with E-state index in [1.54, 1.807) is 18.0 Å². The number of hydrogen-bond acceptors (Lipinski definition) is 4. The van der Waals surface area contributed by atoms with Gasteiger partial charge in [-0.05, 0) is 25.8 Å². The van der Waals surface area contributed by atoms with Gasteiger partial charge in [-0.15, -0.1) is 11.3 Å². The summed E-state index contributed by atoms with van der Waals surface area (Å²) in [6, 6.07) is 1.73. The SMILES string of the molecule is CNC(=O)C1CCCN(C(=O)c2cc(N)c(C)s2)C1. The molecule has 1 aromatic rings. The summed E-state index contributed by atoms with van der Waals surface area (Å²) in [4.78, 5) is 27.4. The lowest BCUT2D eigenvalue weighted by Crippen LogP contribution is -2.44. The average Bonchev–Trinajstić information content (AvgIpc) is 2.77. The van der Waals surface area contributed by atoms with Crippen LogP contribution in [-0.2, 0) is 4.79 Å². The number of likely N-dealkylation sites (tertiary alicyclic amines) is 1. The molecule has 0 bridgehead atoms. The molecule has 6 heteroatoms. The zero-order chi connectivity index (χ0) is 14.0. The average molecular weight is 281 g/mol. The fourth-order valence-electron chi connectivity index (χ4n) is 2.34. The molecule has 0 radical (unpaired) electrons. The molecule has 2 heterocycles. The number of amides is 2. The zero-order valence-electron chi connectivity index (χ0n) is 11.2. The highest BCUT2D eigenvalue weighted by molar-refractivity contribution is 7.14. The van der Waals surface area contributed by atoms with Crippen molar-refractivity contribution < 1.29 is 9.59 Å². The number of piperidine rings is 1. The Labute approximate surface area is 116 Å². The lowest BCUT2D eigenvalue weighted by molar-refractivity contribution is -0.125. The van der Waals surface area contributed by atoms with Crippen LogP contribution < -0.4 is 11.1 Å². The Morgan fingerprint density at radius 1 is 1.53 bits per heavy atom. The summed E-state index contributed by atoms with van der Waals surface area (Å²) in [5.41, 5.74) is 6.44. The van der Waals surface area contributed by atoms with Crippen molar-refractivity contribution in [2.24, 2.45) is 5.92 Å². The van der Waals surface area contributed by atoms with Gasteiger partial charge in [0.1, 0.15) is 0 Å². The predicted molar refractivity (Wildman–Crippen MR) is 76.2 cm³/mol. The van der Waals surface area contributed by atoms with Crippen molar-refractivity contribution in [2.45, 2.75) is 19.8 Å². The summed E-state index contributed by atoms with van der Waals surface area (Å²) < 4.78 is 0. The van der Waals surface area contributed by atoms with E-state index in [0.717, 1.165) is 17.7 Å². The van der Waals surface area contributed by atoms with Gasteiger partial charge in [0, 0.05) is 30.7 Å². The number of nitrogen functional groups attached to an aromatic ring is 1. The van der Waals surface area contributed by atoms with Crippen LogP contribution in [0.15, 0.2) is 6.07 Å². The number of carbonyl (C=O) groups is 2. The van der Waals surface area contributed by atoms with Gasteiger partial charge in [-0.1, -0.05) is 0 Å². The number of rotatable bonds is 2. The molecule has 0 saturated carbocycles. The van der Waals surface area contributed by atoms with Crippen LogP contribution in [0.2, 0.25) is 0 Å². The minimum absolute atomic E-state index is 0.0133. The van der Waals surface area contributed by atoms with E-state index in [-0.39, 0.29) is 17.7 Å². The molecular weight excluding hydrogens is 262 g/mol. The maximum Gasteiger partial charge on any atom is 0.264 e. The van der Waals surface area contributed by atoms with E-state index in [0.29, 0.717) is 23.7 Å². The van der Waals surface area contributed by atoms with E-state index in [2.05, 4.69) is 5.32 Å². The maximum absolute atomic E-state index is 12.4. The van der Waals surface area contributed by atoms with Gasteiger partial charge >= 0.3 is 0 Å². The van der Waals surface area contributed by atoms with Crippen molar-refractivity contribution in [3.8, 4) is 0 Å². The van der Waals surface area contributed by atoms with Crippen LogP contribution in [0.4, 0.5) is 5.69 Å². The first-order valence-electron chi connectivity index (χ1n) is 6.39. The van der Waals surface area contributed by atoms with Crippen molar-refractivity contribution in [3.05, 3.63) is 15.8 Å². The minimum atomic E-state index is -0.0962. The molecule has 3 N–H and O–H groups in total. The Kier molecular flexibility index (Phi) is 4.09. The Morgan fingerprint density at radius 2 is 2.26 bits per heavy atom. The van der Waals surface area contributed by atoms with Crippen LogP contribution in [0.3, 0.4) is 0 Å². The summed E-state index contributed by atoms with van der Waals surface area (Å²) >= 11 is 1.41. The van der Waals surface area contributed by atoms with Crippen molar-refractivity contribution in [1.82, 2.24) is 10.2 Å². The van der Waals surface area contributed by atoms with E-state index in [1.807, 2.05) is 6.92 Å². The number of aryl methyl sites for hydroxylation is 1. The molecular formula is C13H19N3O2S. The number of nitrogens with zero attached hydrogens (tertiary/aromatic N) is 1. The zero-order valence-corrected chi connectivity index (χ0v) is 12.0. The molecule has 19 heavy (non-hydrogen) atoms. The van der Waals surface area contributed by atoms with Gasteiger partial charge in [0.15, 0.2) is 0 Å². The second-order valence-electron chi connectivity index (χ2n) is 4.83.